The summed E-state index contributed by atoms with van der Waals surface area (Å²) in [6.07, 6.45) is 4.25. The topological polar surface area (TPSA) is 77.5 Å². The number of piperidine rings is 1. The number of ether oxygens (including phenoxy) is 4. The maximum Gasteiger partial charge on any atom is 0.338 e. The van der Waals surface area contributed by atoms with E-state index in [0.29, 0.717) is 17.9 Å². The van der Waals surface area contributed by atoms with Gasteiger partial charge in [0.25, 0.3) is 0 Å². The van der Waals surface area contributed by atoms with Crippen molar-refractivity contribution in [3.05, 3.63) is 35.9 Å². The number of likely N-dealkylation sites (tertiary alicyclic amines) is 1. The fraction of sp³-hybridized carbons (Fsp3) is 0.774. The van der Waals surface area contributed by atoms with Crippen LogP contribution < -0.4 is 0 Å². The van der Waals surface area contributed by atoms with E-state index in [9.17, 15) is 9.90 Å². The number of esters is 1. The summed E-state index contributed by atoms with van der Waals surface area (Å²) in [4.78, 5) is 16.1. The van der Waals surface area contributed by atoms with Gasteiger partial charge >= 0.3 is 5.97 Å². The van der Waals surface area contributed by atoms with E-state index in [1.165, 1.54) is 0 Å². The van der Waals surface area contributed by atoms with Crippen LogP contribution in [0.5, 0.6) is 0 Å². The van der Waals surface area contributed by atoms with Crippen LogP contribution in [0.2, 0.25) is 0 Å². The summed E-state index contributed by atoms with van der Waals surface area (Å²) in [6, 6.07) is 9.52. The predicted molar refractivity (Wildman–Crippen MR) is 141 cm³/mol. The molecule has 7 rings (SSSR count). The number of carbonyl (C=O) groups is 1. The van der Waals surface area contributed by atoms with Gasteiger partial charge in [0.2, 0.25) is 0 Å². The Bertz CT molecular complexity index is 1080. The molecular weight excluding hydrogens is 482 g/mol. The molecule has 1 heterocycles. The maximum atomic E-state index is 13.4. The molecule has 0 unspecified atom stereocenters. The first-order chi connectivity index (χ1) is 18.4. The summed E-state index contributed by atoms with van der Waals surface area (Å²) >= 11 is 0. The van der Waals surface area contributed by atoms with Crippen molar-refractivity contribution >= 4 is 5.97 Å². The van der Waals surface area contributed by atoms with Gasteiger partial charge in [-0.3, -0.25) is 4.90 Å². The molecule has 6 aliphatic rings. The third-order valence-corrected chi connectivity index (χ3v) is 12.4. The molecule has 38 heavy (non-hydrogen) atoms. The van der Waals surface area contributed by atoms with Crippen LogP contribution in [0.25, 0.3) is 0 Å². The minimum Gasteiger partial charge on any atom is -0.458 e. The van der Waals surface area contributed by atoms with Crippen LogP contribution in [-0.4, -0.2) is 87.0 Å². The van der Waals surface area contributed by atoms with Crippen molar-refractivity contribution in [2.75, 3.05) is 41.0 Å². The average molecular weight is 526 g/mol. The molecule has 5 aliphatic carbocycles. The zero-order valence-electron chi connectivity index (χ0n) is 23.2. The molecule has 6 fully saturated rings. The minimum absolute atomic E-state index is 0.0645. The van der Waals surface area contributed by atoms with Crippen LogP contribution in [0.15, 0.2) is 30.3 Å². The van der Waals surface area contributed by atoms with Gasteiger partial charge in [0, 0.05) is 68.9 Å². The van der Waals surface area contributed by atoms with E-state index in [0.717, 1.165) is 45.4 Å². The Morgan fingerprint density at radius 1 is 1.11 bits per heavy atom. The van der Waals surface area contributed by atoms with Crippen molar-refractivity contribution < 1.29 is 28.8 Å². The highest BCUT2D eigenvalue weighted by Gasteiger charge is 2.84. The van der Waals surface area contributed by atoms with Gasteiger partial charge in [0.05, 0.1) is 30.0 Å². The number of rotatable bonds is 7. The molecule has 7 heteroatoms. The Hall–Kier alpha value is -1.51. The van der Waals surface area contributed by atoms with E-state index in [-0.39, 0.29) is 64.8 Å². The first-order valence-corrected chi connectivity index (χ1v) is 14.7. The van der Waals surface area contributed by atoms with Crippen LogP contribution in [0, 0.1) is 40.4 Å². The van der Waals surface area contributed by atoms with Crippen molar-refractivity contribution in [1.29, 1.82) is 0 Å². The highest BCUT2D eigenvalue weighted by atomic mass is 16.6. The molecule has 1 N–H and O–H groups in total. The predicted octanol–water partition coefficient (Wildman–Crippen LogP) is 3.40. The highest BCUT2D eigenvalue weighted by molar-refractivity contribution is 5.89. The summed E-state index contributed by atoms with van der Waals surface area (Å²) in [6.45, 7) is 4.99. The second-order valence-corrected chi connectivity index (χ2v) is 13.2. The molecule has 7 nitrogen and oxygen atoms in total. The third kappa shape index (κ3) is 2.95. The number of hydrogen-bond donors (Lipinski definition) is 1. The second kappa shape index (κ2) is 8.74. The lowest BCUT2D eigenvalue weighted by molar-refractivity contribution is -0.276. The SMILES string of the molecule is CCN1C[C@]2(COC)CC[C@H](OC)[C@@]34[C@H]5C[C@H]6[C@H](OC(=O)c7ccccc7)[C@@H]5[C@](O)(C[C@@H]6OC)[C@@H](C[C@@H]23)[C@@H]14. The van der Waals surface area contributed by atoms with Gasteiger partial charge in [-0.15, -0.1) is 0 Å². The lowest BCUT2D eigenvalue weighted by atomic mass is 9.43. The van der Waals surface area contributed by atoms with Crippen molar-refractivity contribution in [2.24, 2.45) is 40.4 Å². The molecular formula is C31H43NO6. The molecule has 0 amide bonds. The summed E-state index contributed by atoms with van der Waals surface area (Å²) in [7, 11) is 5.47. The van der Waals surface area contributed by atoms with Gasteiger partial charge in [0.15, 0.2) is 0 Å². The highest BCUT2D eigenvalue weighted by Crippen LogP contribution is 2.79. The second-order valence-electron chi connectivity index (χ2n) is 13.2. The van der Waals surface area contributed by atoms with E-state index >= 15 is 0 Å². The van der Waals surface area contributed by atoms with Gasteiger partial charge in [-0.1, -0.05) is 25.1 Å². The summed E-state index contributed by atoms with van der Waals surface area (Å²) in [5.74, 6) is 0.395. The van der Waals surface area contributed by atoms with Crippen molar-refractivity contribution in [1.82, 2.24) is 4.90 Å². The molecule has 1 spiro atoms. The van der Waals surface area contributed by atoms with Gasteiger partial charge in [-0.25, -0.2) is 4.79 Å². The van der Waals surface area contributed by atoms with Gasteiger partial charge in [-0.05, 0) is 56.2 Å². The van der Waals surface area contributed by atoms with Crippen LogP contribution in [0.1, 0.15) is 49.4 Å². The smallest absolute Gasteiger partial charge is 0.338 e. The molecule has 7 bridgehead atoms. The van der Waals surface area contributed by atoms with Crippen molar-refractivity contribution in [3.8, 4) is 0 Å². The zero-order valence-corrected chi connectivity index (χ0v) is 23.2. The molecule has 1 aliphatic heterocycles. The maximum absolute atomic E-state index is 13.4. The number of methoxy groups -OCH3 is 3. The summed E-state index contributed by atoms with van der Waals surface area (Å²) in [5, 5.41) is 12.9. The fourth-order valence-electron chi connectivity index (χ4n) is 11.5. The molecule has 5 saturated carbocycles. The van der Waals surface area contributed by atoms with Crippen molar-refractivity contribution in [3.63, 3.8) is 0 Å². The first kappa shape index (κ1) is 25.5. The van der Waals surface area contributed by atoms with Crippen LogP contribution in [-0.2, 0) is 18.9 Å². The zero-order chi connectivity index (χ0) is 26.4. The van der Waals surface area contributed by atoms with Crippen LogP contribution >= 0.6 is 0 Å². The lowest BCUT2D eigenvalue weighted by Gasteiger charge is -2.69. The molecule has 1 aromatic rings. The third-order valence-electron chi connectivity index (χ3n) is 12.4. The average Bonchev–Trinajstić information content (AvgIpc) is 3.38. The van der Waals surface area contributed by atoms with E-state index < -0.39 is 5.60 Å². The van der Waals surface area contributed by atoms with Gasteiger partial charge in [0.1, 0.15) is 6.10 Å². The Balaban J connectivity index is 1.38. The molecule has 0 radical (unpaired) electrons. The van der Waals surface area contributed by atoms with E-state index in [4.69, 9.17) is 18.9 Å². The largest absolute Gasteiger partial charge is 0.458 e. The van der Waals surface area contributed by atoms with Crippen molar-refractivity contribution in [2.45, 2.75) is 69.0 Å². The quantitative estimate of drug-likeness (QED) is 0.547. The summed E-state index contributed by atoms with van der Waals surface area (Å²) in [5.41, 5.74) is -0.405. The monoisotopic (exact) mass is 525 g/mol. The van der Waals surface area contributed by atoms with Crippen LogP contribution in [0.3, 0.4) is 0 Å². The Labute approximate surface area is 226 Å². The molecule has 12 atom stereocenters. The Kier molecular flexibility index (Phi) is 5.86. The molecule has 0 aromatic heterocycles. The van der Waals surface area contributed by atoms with Gasteiger partial charge < -0.3 is 24.1 Å². The molecule has 1 aromatic carbocycles. The number of hydrogen-bond acceptors (Lipinski definition) is 7. The van der Waals surface area contributed by atoms with Crippen LogP contribution in [0.4, 0.5) is 0 Å². The van der Waals surface area contributed by atoms with E-state index in [1.54, 1.807) is 7.11 Å². The standard InChI is InChI=1S/C31H43NO6/c1-5-32-16-29(17-35-2)12-11-24(37-4)31-20-13-19-22(36-3)15-30(34,21(27(31)32)14-23(29)31)25(20)26(19)38-28(33)18-9-7-6-8-10-18/h6-10,19-27,34H,5,11-17H2,1-4H3/t19-,20+,21+,22+,23+,24+,25-,26+,27-,29+,30+,31-/m1/s1. The minimum atomic E-state index is -0.942. The Morgan fingerprint density at radius 2 is 1.89 bits per heavy atom. The Morgan fingerprint density at radius 3 is 2.58 bits per heavy atom. The molecule has 1 saturated heterocycles. The first-order valence-electron chi connectivity index (χ1n) is 14.7. The number of benzene rings is 1. The lowest BCUT2D eigenvalue weighted by Crippen LogP contribution is -2.76. The number of fused-ring (bicyclic) bond motifs is 2. The number of aliphatic hydroxyl groups is 1. The summed E-state index contributed by atoms with van der Waals surface area (Å²) < 4.78 is 24.9. The van der Waals surface area contributed by atoms with Gasteiger partial charge in [-0.2, -0.15) is 0 Å². The normalized spacial score (nSPS) is 50.2. The number of nitrogens with zero attached hydrogens (tertiary/aromatic N) is 1. The fourth-order valence-corrected chi connectivity index (χ4v) is 11.5. The number of carbonyl (C=O) groups excluding carboxylic acids is 1. The van der Waals surface area contributed by atoms with E-state index in [1.807, 2.05) is 44.6 Å². The van der Waals surface area contributed by atoms with E-state index in [2.05, 4.69) is 11.8 Å². The molecule has 208 valence electrons.